The number of benzene rings is 1. The molecule has 2 aromatic rings. The molecule has 0 saturated heterocycles. The molecule has 1 aromatic heterocycles. The first-order valence-electron chi connectivity index (χ1n) is 3.72. The topological polar surface area (TPSA) is 36.7 Å². The van der Waals surface area contributed by atoms with E-state index in [1.165, 1.54) is 11.3 Å². The zero-order chi connectivity index (χ0) is 9.10. The molecule has 0 aliphatic carbocycles. The van der Waals surface area contributed by atoms with Crippen molar-refractivity contribution in [2.75, 3.05) is 0 Å². The van der Waals surface area contributed by atoms with Gasteiger partial charge in [0.25, 0.3) is 0 Å². The van der Waals surface area contributed by atoms with E-state index in [1.807, 2.05) is 17.5 Å². The summed E-state index contributed by atoms with van der Waals surface area (Å²) in [5.74, 6) is 0. The van der Waals surface area contributed by atoms with Crippen molar-refractivity contribution >= 4 is 11.3 Å². The molecule has 0 atom stereocenters. The predicted octanol–water partition coefficient (Wildman–Crippen LogP) is -0.514. The van der Waals surface area contributed by atoms with Crippen LogP contribution in [0.3, 0.4) is 0 Å². The van der Waals surface area contributed by atoms with E-state index in [0.717, 1.165) is 11.3 Å². The number of nitrogens with zero attached hydrogens (tertiary/aromatic N) is 2. The number of hydrogen-bond donors (Lipinski definition) is 0. The van der Waals surface area contributed by atoms with Gasteiger partial charge in [0.1, 0.15) is 0 Å². The summed E-state index contributed by atoms with van der Waals surface area (Å²) in [5.41, 5.74) is 5.39. The maximum Gasteiger partial charge on any atom is 1.00 e. The van der Waals surface area contributed by atoms with E-state index in [-0.39, 0.29) is 18.9 Å². The maximum absolute atomic E-state index is 8.59. The summed E-state index contributed by atoms with van der Waals surface area (Å²) in [7, 11) is 0. The molecular formula is C10H5LiN2S. The Balaban J connectivity index is 0.000000980. The molecule has 0 fully saturated rings. The Kier molecular flexibility index (Phi) is 3.92. The fourth-order valence-electron chi connectivity index (χ4n) is 1.03. The molecule has 0 spiro atoms. The fourth-order valence-corrected chi connectivity index (χ4v) is 1.54. The minimum Gasteiger partial charge on any atom is -0.386 e. The van der Waals surface area contributed by atoms with Crippen LogP contribution in [0, 0.1) is 16.8 Å². The first kappa shape index (κ1) is 11.0. The van der Waals surface area contributed by atoms with Crippen molar-refractivity contribution in [2.45, 2.75) is 0 Å². The second-order valence-corrected chi connectivity index (χ2v) is 3.17. The van der Waals surface area contributed by atoms with Crippen molar-refractivity contribution < 1.29 is 18.9 Å². The molecule has 0 aliphatic rings. The van der Waals surface area contributed by atoms with Gasteiger partial charge in [0, 0.05) is 0 Å². The third-order valence-electron chi connectivity index (χ3n) is 1.70. The Morgan fingerprint density at radius 2 is 2.00 bits per heavy atom. The van der Waals surface area contributed by atoms with Gasteiger partial charge in [-0.25, -0.2) is 0 Å². The first-order valence-corrected chi connectivity index (χ1v) is 4.60. The van der Waals surface area contributed by atoms with Crippen molar-refractivity contribution in [3.05, 3.63) is 40.7 Å². The zero-order valence-corrected chi connectivity index (χ0v) is 8.51. The maximum atomic E-state index is 8.59. The molecule has 0 unspecified atom stereocenters. The van der Waals surface area contributed by atoms with E-state index >= 15 is 0 Å². The second-order valence-electron chi connectivity index (χ2n) is 2.51. The van der Waals surface area contributed by atoms with Gasteiger partial charge in [-0.2, -0.15) is 5.26 Å². The van der Waals surface area contributed by atoms with Crippen LogP contribution in [0.4, 0.5) is 0 Å². The summed E-state index contributed by atoms with van der Waals surface area (Å²) in [6.07, 6.45) is 0. The van der Waals surface area contributed by atoms with Gasteiger partial charge >= 0.3 is 18.9 Å². The quantitative estimate of drug-likeness (QED) is 0.450. The minimum atomic E-state index is 0. The van der Waals surface area contributed by atoms with E-state index < -0.39 is 0 Å². The van der Waals surface area contributed by atoms with Crippen molar-refractivity contribution in [1.29, 1.82) is 5.26 Å². The van der Waals surface area contributed by atoms with Crippen LogP contribution >= 0.6 is 11.3 Å². The molecule has 14 heavy (non-hydrogen) atoms. The molecule has 0 amide bonds. The Hall–Kier alpha value is -1.06. The molecule has 1 aromatic carbocycles. The number of hydrogen-bond acceptors (Lipinski definition) is 3. The smallest absolute Gasteiger partial charge is 0.386 e. The average Bonchev–Trinajstić information content (AvgIpc) is 2.71. The minimum absolute atomic E-state index is 0. The van der Waals surface area contributed by atoms with Gasteiger partial charge in [-0.3, -0.25) is 11.3 Å². The van der Waals surface area contributed by atoms with Gasteiger partial charge in [-0.05, 0) is 17.6 Å². The number of aromatic nitrogens is 1. The Morgan fingerprint density at radius 3 is 2.50 bits per heavy atom. The van der Waals surface area contributed by atoms with E-state index in [9.17, 15) is 0 Å². The normalized spacial score (nSPS) is 8.79. The van der Waals surface area contributed by atoms with Gasteiger partial charge in [0.05, 0.1) is 11.6 Å². The molecule has 62 valence electrons. The van der Waals surface area contributed by atoms with Crippen LogP contribution in [-0.4, -0.2) is 4.98 Å². The van der Waals surface area contributed by atoms with Gasteiger partial charge in [-0.15, -0.1) is 5.38 Å². The molecule has 0 bridgehead atoms. The SMILES string of the molecule is N#Cc1ccc(-c2cs[c-]n2)cc1.[Li+]. The van der Waals surface area contributed by atoms with Crippen LogP contribution in [0.5, 0.6) is 0 Å². The van der Waals surface area contributed by atoms with Gasteiger partial charge in [0.2, 0.25) is 0 Å². The predicted molar refractivity (Wildman–Crippen MR) is 51.1 cm³/mol. The molecule has 0 N–H and O–H groups in total. The van der Waals surface area contributed by atoms with Gasteiger partial charge in [0.15, 0.2) is 0 Å². The van der Waals surface area contributed by atoms with Crippen LogP contribution in [0.25, 0.3) is 11.3 Å². The van der Waals surface area contributed by atoms with Crippen LogP contribution in [0.15, 0.2) is 29.6 Å². The molecular weight excluding hydrogens is 187 g/mol. The number of nitriles is 1. The van der Waals surface area contributed by atoms with Gasteiger partial charge < -0.3 is 4.98 Å². The molecule has 1 heterocycles. The van der Waals surface area contributed by atoms with Crippen molar-refractivity contribution in [3.8, 4) is 17.3 Å². The molecule has 0 radical (unpaired) electrons. The standard InChI is InChI=1S/C10H5N2S.Li/c11-5-8-1-3-9(4-2-8)10-6-13-7-12-10;/h1-4,6H;/q-1;+1. The van der Waals surface area contributed by atoms with Crippen molar-refractivity contribution in [1.82, 2.24) is 4.98 Å². The Labute approximate surface area is 98.4 Å². The van der Waals surface area contributed by atoms with Crippen LogP contribution in [0.1, 0.15) is 5.56 Å². The van der Waals surface area contributed by atoms with Crippen LogP contribution in [0.2, 0.25) is 0 Å². The zero-order valence-electron chi connectivity index (χ0n) is 7.69. The summed E-state index contributed by atoms with van der Waals surface area (Å²) < 4.78 is 0. The van der Waals surface area contributed by atoms with Crippen LogP contribution in [-0.2, 0) is 0 Å². The summed E-state index contributed by atoms with van der Waals surface area (Å²) in [6, 6.07) is 9.43. The molecule has 4 heteroatoms. The summed E-state index contributed by atoms with van der Waals surface area (Å²) in [6.45, 7) is 0. The monoisotopic (exact) mass is 192 g/mol. The fraction of sp³-hybridized carbons (Fsp3) is 0. The second kappa shape index (κ2) is 4.98. The average molecular weight is 192 g/mol. The van der Waals surface area contributed by atoms with E-state index in [0.29, 0.717) is 5.56 Å². The van der Waals surface area contributed by atoms with Crippen LogP contribution < -0.4 is 18.9 Å². The van der Waals surface area contributed by atoms with Crippen molar-refractivity contribution in [3.63, 3.8) is 0 Å². The molecule has 2 rings (SSSR count). The van der Waals surface area contributed by atoms with Crippen molar-refractivity contribution in [2.24, 2.45) is 0 Å². The molecule has 0 saturated carbocycles. The molecule has 0 aliphatic heterocycles. The van der Waals surface area contributed by atoms with E-state index in [1.54, 1.807) is 12.1 Å². The van der Waals surface area contributed by atoms with Gasteiger partial charge in [-0.1, -0.05) is 23.4 Å². The first-order chi connectivity index (χ1) is 6.40. The van der Waals surface area contributed by atoms with E-state index in [2.05, 4.69) is 16.6 Å². The summed E-state index contributed by atoms with van der Waals surface area (Å²) in [5, 5.41) is 10.5. The largest absolute Gasteiger partial charge is 1.00 e. The third kappa shape index (κ3) is 2.24. The third-order valence-corrected chi connectivity index (χ3v) is 2.24. The van der Waals surface area contributed by atoms with E-state index in [4.69, 9.17) is 5.26 Å². The number of thiazole rings is 1. The molecule has 2 nitrogen and oxygen atoms in total. The number of rotatable bonds is 1. The Bertz CT molecular complexity index is 428. The Morgan fingerprint density at radius 1 is 1.29 bits per heavy atom. The summed E-state index contributed by atoms with van der Waals surface area (Å²) in [4.78, 5) is 4.05. The summed E-state index contributed by atoms with van der Waals surface area (Å²) >= 11 is 1.44.